The Hall–Kier alpha value is -2.33. The molecule has 3 heterocycles. The molecule has 3 rings (SSSR count). The smallest absolute Gasteiger partial charge is 0.355 e. The number of carboxylic acid groups (broad SMARTS) is 1. The Labute approximate surface area is 140 Å². The Bertz CT molecular complexity index is 755. The van der Waals surface area contributed by atoms with Crippen molar-refractivity contribution in [2.45, 2.75) is 24.8 Å². The average Bonchev–Trinajstić information content (AvgIpc) is 3.08. The Kier molecular flexibility index (Phi) is 4.10. The molecule has 9 nitrogen and oxygen atoms in total. The average molecular weight is 353 g/mol. The van der Waals surface area contributed by atoms with E-state index < -0.39 is 35.2 Å². The van der Waals surface area contributed by atoms with Gasteiger partial charge in [-0.3, -0.25) is 19.1 Å². The van der Waals surface area contributed by atoms with Gasteiger partial charge in [-0.05, 0) is 6.92 Å². The monoisotopic (exact) mass is 353 g/mol. The molecule has 128 valence electrons. The Morgan fingerprint density at radius 1 is 1.50 bits per heavy atom. The van der Waals surface area contributed by atoms with Crippen molar-refractivity contribution in [3.05, 3.63) is 23.9 Å². The highest BCUT2D eigenvalue weighted by Crippen LogP contribution is 2.51. The zero-order valence-corrected chi connectivity index (χ0v) is 13.7. The number of methoxy groups -OCH3 is 1. The number of aliphatic carboxylic acids is 1. The first-order valence-corrected chi connectivity index (χ1v) is 7.98. The van der Waals surface area contributed by atoms with E-state index in [4.69, 9.17) is 0 Å². The van der Waals surface area contributed by atoms with Crippen molar-refractivity contribution < 1.29 is 29.3 Å². The number of thioether (sulfide) groups is 1. The van der Waals surface area contributed by atoms with Gasteiger partial charge in [0.15, 0.2) is 5.70 Å². The molecule has 2 N–H and O–H groups in total. The maximum Gasteiger partial charge on any atom is 0.355 e. The molecule has 2 aliphatic rings. The summed E-state index contributed by atoms with van der Waals surface area (Å²) in [5, 5.41) is 19.0. The first kappa shape index (κ1) is 16.5. The molecule has 3 atom stereocenters. The topological polar surface area (TPSA) is 122 Å². The number of carboxylic acids is 1. The van der Waals surface area contributed by atoms with Gasteiger partial charge < -0.3 is 14.9 Å². The van der Waals surface area contributed by atoms with Crippen LogP contribution in [-0.2, 0) is 25.5 Å². The molecule has 1 aromatic rings. The zero-order chi connectivity index (χ0) is 17.6. The second kappa shape index (κ2) is 5.95. The maximum absolute atomic E-state index is 12.1. The molecule has 1 fully saturated rings. The van der Waals surface area contributed by atoms with Crippen molar-refractivity contribution in [3.8, 4) is 0 Å². The van der Waals surface area contributed by atoms with Gasteiger partial charge in [-0.25, -0.2) is 9.78 Å². The molecule has 0 spiro atoms. The fourth-order valence-electron chi connectivity index (χ4n) is 2.73. The Morgan fingerprint density at radius 2 is 2.21 bits per heavy atom. The number of amides is 1. The highest BCUT2D eigenvalue weighted by molar-refractivity contribution is 8.08. The van der Waals surface area contributed by atoms with E-state index in [1.165, 1.54) is 47.8 Å². The number of fused-ring (bicyclic) bond motifs is 1. The molecule has 1 saturated heterocycles. The normalized spacial score (nSPS) is 23.8. The predicted octanol–water partition coefficient (Wildman–Crippen LogP) is -0.279. The van der Waals surface area contributed by atoms with Crippen molar-refractivity contribution in [3.63, 3.8) is 0 Å². The van der Waals surface area contributed by atoms with Crippen LogP contribution in [0.1, 0.15) is 12.6 Å². The molecule has 1 aromatic heterocycles. The standard InChI is InChI=1S/C14H15N3O6S/c1-6(18)9-11(20)17-10(14(21)22)13(24-12(9)17)16-4-7(15-5-16)3-8(19)23-2/h4-6,9,12,18H,3H2,1-2H3,(H,21,22)/t6-,9+,12-/m1/s1. The van der Waals surface area contributed by atoms with Crippen molar-refractivity contribution in [2.75, 3.05) is 7.11 Å². The minimum Gasteiger partial charge on any atom is -0.476 e. The molecule has 0 aromatic carbocycles. The largest absolute Gasteiger partial charge is 0.476 e. The lowest BCUT2D eigenvalue weighted by atomic mass is 9.92. The third-order valence-electron chi connectivity index (χ3n) is 3.91. The fourth-order valence-corrected chi connectivity index (χ4v) is 4.28. The number of β-lactam (4-membered cyclic amide) rings is 1. The third kappa shape index (κ3) is 2.47. The molecular formula is C14H15N3O6S. The highest BCUT2D eigenvalue weighted by atomic mass is 32.2. The number of rotatable bonds is 5. The van der Waals surface area contributed by atoms with Crippen molar-refractivity contribution in [1.82, 2.24) is 14.5 Å². The van der Waals surface area contributed by atoms with Gasteiger partial charge in [0.1, 0.15) is 10.4 Å². The summed E-state index contributed by atoms with van der Waals surface area (Å²) in [4.78, 5) is 40.3. The number of aliphatic hydroxyl groups excluding tert-OH is 1. The van der Waals surface area contributed by atoms with Crippen LogP contribution in [0.15, 0.2) is 18.2 Å². The van der Waals surface area contributed by atoms with E-state index in [1.54, 1.807) is 0 Å². The molecule has 0 radical (unpaired) electrons. The van der Waals surface area contributed by atoms with Crippen molar-refractivity contribution in [1.29, 1.82) is 0 Å². The van der Waals surface area contributed by atoms with Crippen molar-refractivity contribution >= 4 is 34.6 Å². The number of nitrogens with zero attached hydrogens (tertiary/aromatic N) is 3. The van der Waals surface area contributed by atoms with E-state index in [0.717, 1.165) is 0 Å². The van der Waals surface area contributed by atoms with E-state index in [2.05, 4.69) is 9.72 Å². The van der Waals surface area contributed by atoms with Gasteiger partial charge in [-0.2, -0.15) is 0 Å². The van der Waals surface area contributed by atoms with Gasteiger partial charge in [0.05, 0.1) is 37.6 Å². The van der Waals surface area contributed by atoms with Crippen LogP contribution in [0.2, 0.25) is 0 Å². The second-order valence-electron chi connectivity index (χ2n) is 5.47. The Balaban J connectivity index is 1.91. The first-order valence-electron chi connectivity index (χ1n) is 7.10. The molecule has 10 heteroatoms. The van der Waals surface area contributed by atoms with Crippen LogP contribution >= 0.6 is 11.8 Å². The first-order chi connectivity index (χ1) is 11.3. The summed E-state index contributed by atoms with van der Waals surface area (Å²) < 4.78 is 6.04. The zero-order valence-electron chi connectivity index (χ0n) is 12.9. The summed E-state index contributed by atoms with van der Waals surface area (Å²) in [5.74, 6) is -2.75. The molecule has 1 amide bonds. The molecule has 0 unspecified atom stereocenters. The van der Waals surface area contributed by atoms with Crippen LogP contribution in [0.4, 0.5) is 0 Å². The summed E-state index contributed by atoms with van der Waals surface area (Å²) >= 11 is 1.18. The van der Waals surface area contributed by atoms with Crippen LogP contribution in [0.5, 0.6) is 0 Å². The quantitative estimate of drug-likeness (QED) is 0.547. The number of esters is 1. The number of aliphatic hydroxyl groups is 1. The number of hydrogen-bond acceptors (Lipinski definition) is 7. The number of hydrogen-bond donors (Lipinski definition) is 2. The number of ether oxygens (including phenoxy) is 1. The van der Waals surface area contributed by atoms with Gasteiger partial charge in [-0.15, -0.1) is 0 Å². The van der Waals surface area contributed by atoms with Crippen molar-refractivity contribution in [2.24, 2.45) is 5.92 Å². The number of carbonyl (C=O) groups excluding carboxylic acids is 2. The van der Waals surface area contributed by atoms with Gasteiger partial charge in [0.2, 0.25) is 5.91 Å². The lowest BCUT2D eigenvalue weighted by Crippen LogP contribution is -2.60. The molecule has 2 aliphatic heterocycles. The minimum atomic E-state index is -1.24. The lowest BCUT2D eigenvalue weighted by molar-refractivity contribution is -0.156. The summed E-state index contributed by atoms with van der Waals surface area (Å²) in [6, 6.07) is 0. The number of aromatic nitrogens is 2. The second-order valence-corrected chi connectivity index (χ2v) is 6.57. The van der Waals surface area contributed by atoms with Gasteiger partial charge in [0, 0.05) is 6.20 Å². The van der Waals surface area contributed by atoms with Gasteiger partial charge in [0.25, 0.3) is 0 Å². The Morgan fingerprint density at radius 3 is 2.79 bits per heavy atom. The van der Waals surface area contributed by atoms with Crippen LogP contribution in [0.25, 0.3) is 5.03 Å². The fraction of sp³-hybridized carbons (Fsp3) is 0.429. The molecule has 24 heavy (non-hydrogen) atoms. The predicted molar refractivity (Wildman–Crippen MR) is 82.2 cm³/mol. The summed E-state index contributed by atoms with van der Waals surface area (Å²) in [5.41, 5.74) is 0.279. The van der Waals surface area contributed by atoms with E-state index in [0.29, 0.717) is 10.7 Å². The highest BCUT2D eigenvalue weighted by Gasteiger charge is 2.58. The molecular weight excluding hydrogens is 338 g/mol. The van der Waals surface area contributed by atoms with E-state index in [1.807, 2.05) is 0 Å². The summed E-state index contributed by atoms with van der Waals surface area (Å²) in [6.07, 6.45) is 2.01. The number of carbonyl (C=O) groups is 3. The summed E-state index contributed by atoms with van der Waals surface area (Å²) in [7, 11) is 1.27. The molecule has 0 bridgehead atoms. The van der Waals surface area contributed by atoms with Crippen LogP contribution < -0.4 is 0 Å². The van der Waals surface area contributed by atoms with E-state index >= 15 is 0 Å². The lowest BCUT2D eigenvalue weighted by Gasteiger charge is -2.43. The van der Waals surface area contributed by atoms with Crippen LogP contribution in [0.3, 0.4) is 0 Å². The third-order valence-corrected chi connectivity index (χ3v) is 5.28. The SMILES string of the molecule is COC(=O)Cc1cn(C2=C(C(=O)O)N3C(=O)[C@H]([C@@H](C)O)[C@H]3S2)cn1. The number of imidazole rings is 1. The minimum absolute atomic E-state index is 0.0355. The molecule has 0 aliphatic carbocycles. The van der Waals surface area contributed by atoms with Gasteiger partial charge >= 0.3 is 11.9 Å². The van der Waals surface area contributed by atoms with E-state index in [9.17, 15) is 24.6 Å². The van der Waals surface area contributed by atoms with Crippen LogP contribution in [0, 0.1) is 5.92 Å². The maximum atomic E-state index is 12.1. The molecule has 0 saturated carbocycles. The van der Waals surface area contributed by atoms with E-state index in [-0.39, 0.29) is 12.1 Å². The van der Waals surface area contributed by atoms with Gasteiger partial charge in [-0.1, -0.05) is 11.8 Å². The summed E-state index contributed by atoms with van der Waals surface area (Å²) in [6.45, 7) is 1.50. The van der Waals surface area contributed by atoms with Crippen LogP contribution in [-0.4, -0.2) is 61.1 Å².